The Morgan fingerprint density at radius 2 is 2.15 bits per heavy atom. The lowest BCUT2D eigenvalue weighted by molar-refractivity contribution is 0.0835. The summed E-state index contributed by atoms with van der Waals surface area (Å²) in [7, 11) is -0.543. The molecule has 0 aliphatic carbocycles. The van der Waals surface area contributed by atoms with Crippen LogP contribution in [0.5, 0.6) is 0 Å². The van der Waals surface area contributed by atoms with Crippen LogP contribution < -0.4 is 0 Å². The third-order valence-electron chi connectivity index (χ3n) is 2.91. The Morgan fingerprint density at radius 1 is 1.40 bits per heavy atom. The largest absolute Gasteiger partial charge is 0.358 e. The second-order valence-electron chi connectivity index (χ2n) is 5.50. The standard InChI is InChI=1S/C14H19BrN2O2S/c1-20(2,3)7-6-19-10-17-14-5-4-11(15)8-12(14)13(9-18)16-17/h4-5,8-9H,6-7,10H2,1-3H3. The van der Waals surface area contributed by atoms with Crippen molar-refractivity contribution in [3.63, 3.8) is 0 Å². The molecule has 0 saturated heterocycles. The average molecular weight is 359 g/mol. The molecule has 0 aliphatic rings. The lowest BCUT2D eigenvalue weighted by Crippen LogP contribution is -2.10. The van der Waals surface area contributed by atoms with Gasteiger partial charge in [-0.1, -0.05) is 15.9 Å². The molecule has 0 aliphatic heterocycles. The Labute approximate surface area is 128 Å². The maximum atomic E-state index is 11.1. The zero-order valence-corrected chi connectivity index (χ0v) is 14.3. The molecule has 20 heavy (non-hydrogen) atoms. The number of halogens is 1. The molecule has 6 heteroatoms. The van der Waals surface area contributed by atoms with Gasteiger partial charge >= 0.3 is 0 Å². The van der Waals surface area contributed by atoms with E-state index in [9.17, 15) is 4.79 Å². The Balaban J connectivity index is 2.12. The van der Waals surface area contributed by atoms with E-state index in [0.29, 0.717) is 19.0 Å². The predicted octanol–water partition coefficient (Wildman–Crippen LogP) is 3.28. The summed E-state index contributed by atoms with van der Waals surface area (Å²) in [6, 6.07) is 5.79. The van der Waals surface area contributed by atoms with Crippen molar-refractivity contribution < 1.29 is 9.53 Å². The molecule has 0 fully saturated rings. The topological polar surface area (TPSA) is 44.1 Å². The molecule has 1 aromatic carbocycles. The first-order valence-electron chi connectivity index (χ1n) is 6.26. The van der Waals surface area contributed by atoms with Gasteiger partial charge in [0.15, 0.2) is 6.29 Å². The first-order chi connectivity index (χ1) is 9.40. The van der Waals surface area contributed by atoms with E-state index in [1.54, 1.807) is 4.68 Å². The minimum Gasteiger partial charge on any atom is -0.358 e. The normalized spacial score (nSPS) is 12.8. The first kappa shape index (κ1) is 15.5. The van der Waals surface area contributed by atoms with E-state index in [2.05, 4.69) is 39.8 Å². The number of rotatable bonds is 6. The number of benzene rings is 1. The van der Waals surface area contributed by atoms with Crippen LogP contribution in [-0.4, -0.2) is 47.2 Å². The van der Waals surface area contributed by atoms with Crippen molar-refractivity contribution in [3.05, 3.63) is 28.4 Å². The van der Waals surface area contributed by atoms with Crippen LogP contribution in [0.15, 0.2) is 22.7 Å². The van der Waals surface area contributed by atoms with Crippen molar-refractivity contribution in [1.82, 2.24) is 9.78 Å². The Bertz CT molecular complexity index is 619. The maximum Gasteiger partial charge on any atom is 0.170 e. The average Bonchev–Trinajstić information content (AvgIpc) is 2.71. The van der Waals surface area contributed by atoms with Crippen molar-refractivity contribution in [1.29, 1.82) is 0 Å². The molecule has 0 unspecified atom stereocenters. The van der Waals surface area contributed by atoms with E-state index in [0.717, 1.165) is 27.4 Å². The highest BCUT2D eigenvalue weighted by molar-refractivity contribution is 9.10. The predicted molar refractivity (Wildman–Crippen MR) is 89.0 cm³/mol. The van der Waals surface area contributed by atoms with Crippen LogP contribution in [0.2, 0.25) is 0 Å². The molecule has 0 spiro atoms. The summed E-state index contributed by atoms with van der Waals surface area (Å²) in [5.74, 6) is 1.07. The van der Waals surface area contributed by atoms with Gasteiger partial charge in [-0.2, -0.15) is 5.10 Å². The second kappa shape index (κ2) is 6.28. The fourth-order valence-electron chi connectivity index (χ4n) is 1.82. The fraction of sp³-hybridized carbons (Fsp3) is 0.429. The van der Waals surface area contributed by atoms with Gasteiger partial charge in [0.2, 0.25) is 0 Å². The molecular formula is C14H19BrN2O2S. The number of carbonyl (C=O) groups is 1. The number of nitrogens with zero attached hydrogens (tertiary/aromatic N) is 2. The van der Waals surface area contributed by atoms with Crippen LogP contribution in [0.4, 0.5) is 0 Å². The molecule has 0 N–H and O–H groups in total. The summed E-state index contributed by atoms with van der Waals surface area (Å²) < 4.78 is 8.36. The van der Waals surface area contributed by atoms with Crippen LogP contribution in [0.3, 0.4) is 0 Å². The lowest BCUT2D eigenvalue weighted by Gasteiger charge is -2.24. The minimum absolute atomic E-state index is 0.376. The van der Waals surface area contributed by atoms with Gasteiger partial charge in [0.25, 0.3) is 0 Å². The van der Waals surface area contributed by atoms with Gasteiger partial charge in [-0.15, -0.1) is 0 Å². The first-order valence-corrected chi connectivity index (χ1v) is 10.1. The van der Waals surface area contributed by atoms with E-state index in [1.807, 2.05) is 18.2 Å². The highest BCUT2D eigenvalue weighted by Gasteiger charge is 2.10. The lowest BCUT2D eigenvalue weighted by atomic mass is 10.2. The third kappa shape index (κ3) is 3.84. The van der Waals surface area contributed by atoms with E-state index in [4.69, 9.17) is 4.74 Å². The zero-order valence-electron chi connectivity index (χ0n) is 11.9. The van der Waals surface area contributed by atoms with Crippen molar-refractivity contribution >= 4 is 43.1 Å². The number of aldehydes is 1. The smallest absolute Gasteiger partial charge is 0.170 e. The summed E-state index contributed by atoms with van der Waals surface area (Å²) in [4.78, 5) is 11.1. The summed E-state index contributed by atoms with van der Waals surface area (Å²) >= 11 is 3.41. The summed E-state index contributed by atoms with van der Waals surface area (Å²) in [5.41, 5.74) is 1.37. The SMILES string of the molecule is CS(C)(C)CCOCn1nc(C=O)c2cc(Br)ccc21. The summed E-state index contributed by atoms with van der Waals surface area (Å²) in [6.07, 6.45) is 7.58. The number of carbonyl (C=O) groups excluding carboxylic acids is 1. The third-order valence-corrected chi connectivity index (χ3v) is 4.79. The van der Waals surface area contributed by atoms with Gasteiger partial charge in [0, 0.05) is 15.6 Å². The van der Waals surface area contributed by atoms with Crippen molar-refractivity contribution in [2.45, 2.75) is 6.73 Å². The number of fused-ring (bicyclic) bond motifs is 1. The molecule has 4 nitrogen and oxygen atoms in total. The van der Waals surface area contributed by atoms with Gasteiger partial charge in [-0.3, -0.25) is 4.79 Å². The number of hydrogen-bond donors (Lipinski definition) is 0. The summed E-state index contributed by atoms with van der Waals surface area (Å²) in [5, 5.41) is 5.14. The van der Waals surface area contributed by atoms with Gasteiger partial charge in [0.1, 0.15) is 12.4 Å². The number of ether oxygens (including phenoxy) is 1. The van der Waals surface area contributed by atoms with Crippen molar-refractivity contribution in [2.75, 3.05) is 31.1 Å². The molecule has 1 aromatic heterocycles. The molecule has 2 aromatic rings. The summed E-state index contributed by atoms with van der Waals surface area (Å²) in [6.45, 7) is 1.09. The molecule has 0 atom stereocenters. The van der Waals surface area contributed by atoms with Crippen molar-refractivity contribution in [2.24, 2.45) is 0 Å². The molecular weight excluding hydrogens is 340 g/mol. The molecule has 0 saturated carbocycles. The fourth-order valence-corrected chi connectivity index (χ4v) is 2.80. The second-order valence-corrected chi connectivity index (χ2v) is 11.0. The highest BCUT2D eigenvalue weighted by Crippen LogP contribution is 2.33. The van der Waals surface area contributed by atoms with E-state index >= 15 is 0 Å². The van der Waals surface area contributed by atoms with Gasteiger partial charge < -0.3 is 4.74 Å². The van der Waals surface area contributed by atoms with E-state index in [1.165, 1.54) is 0 Å². The number of hydrogen-bond acceptors (Lipinski definition) is 3. The monoisotopic (exact) mass is 358 g/mol. The van der Waals surface area contributed by atoms with Crippen LogP contribution in [0.25, 0.3) is 10.9 Å². The van der Waals surface area contributed by atoms with Crippen LogP contribution in [0, 0.1) is 0 Å². The van der Waals surface area contributed by atoms with Gasteiger partial charge in [0.05, 0.1) is 12.1 Å². The van der Waals surface area contributed by atoms with Crippen LogP contribution in [0.1, 0.15) is 10.5 Å². The molecule has 2 rings (SSSR count). The molecule has 0 radical (unpaired) electrons. The Hall–Kier alpha value is -0.850. The molecule has 0 bridgehead atoms. The zero-order chi connectivity index (χ0) is 14.8. The maximum absolute atomic E-state index is 11.1. The number of aromatic nitrogens is 2. The van der Waals surface area contributed by atoms with E-state index in [-0.39, 0.29) is 0 Å². The van der Waals surface area contributed by atoms with Gasteiger partial charge in [-0.25, -0.2) is 14.7 Å². The molecule has 110 valence electrons. The van der Waals surface area contributed by atoms with Crippen LogP contribution in [-0.2, 0) is 11.5 Å². The van der Waals surface area contributed by atoms with Gasteiger partial charge in [-0.05, 0) is 37.0 Å². The Kier molecular flexibility index (Phi) is 4.88. The van der Waals surface area contributed by atoms with E-state index < -0.39 is 10.0 Å². The van der Waals surface area contributed by atoms with Crippen molar-refractivity contribution in [3.8, 4) is 0 Å². The van der Waals surface area contributed by atoms with Crippen LogP contribution >= 0.6 is 26.0 Å². The highest BCUT2D eigenvalue weighted by atomic mass is 79.9. The molecule has 1 heterocycles. The minimum atomic E-state index is -0.543. The molecule has 0 amide bonds. The quantitative estimate of drug-likeness (QED) is 0.587. The Morgan fingerprint density at radius 3 is 2.80 bits per heavy atom.